The molecule has 0 unspecified atom stereocenters. The van der Waals surface area contributed by atoms with Gasteiger partial charge in [0.05, 0.1) is 24.1 Å². The van der Waals surface area contributed by atoms with Crippen molar-refractivity contribution < 1.29 is 18.7 Å². The first-order valence-corrected chi connectivity index (χ1v) is 14.6. The Balaban J connectivity index is 1.18. The Morgan fingerprint density at radius 1 is 0.925 bits per heavy atom. The minimum absolute atomic E-state index is 0.0857. The lowest BCUT2D eigenvalue weighted by atomic mass is 9.76. The molecule has 4 aromatic carbocycles. The van der Waals surface area contributed by atoms with Crippen LogP contribution in [-0.4, -0.2) is 19.1 Å². The van der Waals surface area contributed by atoms with Gasteiger partial charge in [-0.05, 0) is 77.9 Å². The summed E-state index contributed by atoms with van der Waals surface area (Å²) in [4.78, 5) is 17.4. The van der Waals surface area contributed by atoms with Gasteiger partial charge in [-0.15, -0.1) is 0 Å². The smallest absolute Gasteiger partial charge is 0.269 e. The number of rotatable bonds is 6. The lowest BCUT2D eigenvalue weighted by Gasteiger charge is -2.39. The minimum atomic E-state index is -0.213. The molecule has 2 heterocycles. The number of hydrogen-bond acceptors (Lipinski definition) is 4. The molecule has 2 aliphatic rings. The van der Waals surface area contributed by atoms with Crippen LogP contribution in [0.4, 0.5) is 15.8 Å². The number of carbonyl (C=O) groups is 1. The van der Waals surface area contributed by atoms with Crippen LogP contribution in [0, 0.1) is 17.7 Å². The highest BCUT2D eigenvalue weighted by Crippen LogP contribution is 2.48. The first-order valence-electron chi connectivity index (χ1n) is 13.8. The highest BCUT2D eigenvalue weighted by molar-refractivity contribution is 7.99. The molecule has 0 aliphatic carbocycles. The molecular formula is C34H32FNO3S. The molecule has 40 heavy (non-hydrogen) atoms. The standard InChI is InChI=1S/C34H32FNO3S/c1-22(2)28-19-25(23-9-7-11-26(35)17-23)20-39-34(28)24-10-8-12-27(18-24)38-21-33(37)36-29-13-3-5-15-31(29)40-32-16-6-4-14-30(32)36/h3-18,22,25,28,34H,19-21H2,1-2H3/t25-,28-,34-/m0/s1. The molecule has 6 rings (SSSR count). The molecule has 0 spiro atoms. The van der Waals surface area contributed by atoms with E-state index in [1.807, 2.05) is 72.8 Å². The van der Waals surface area contributed by atoms with E-state index >= 15 is 0 Å². The van der Waals surface area contributed by atoms with Crippen LogP contribution < -0.4 is 9.64 Å². The van der Waals surface area contributed by atoms with E-state index in [4.69, 9.17) is 9.47 Å². The average molecular weight is 554 g/mol. The van der Waals surface area contributed by atoms with E-state index in [0.717, 1.165) is 38.7 Å². The highest BCUT2D eigenvalue weighted by atomic mass is 32.2. The van der Waals surface area contributed by atoms with Crippen molar-refractivity contribution in [1.29, 1.82) is 0 Å². The number of anilines is 2. The van der Waals surface area contributed by atoms with Crippen molar-refractivity contribution in [1.82, 2.24) is 0 Å². The van der Waals surface area contributed by atoms with Crippen LogP contribution in [0.15, 0.2) is 107 Å². The van der Waals surface area contributed by atoms with Gasteiger partial charge in [0.15, 0.2) is 6.61 Å². The fourth-order valence-corrected chi connectivity index (χ4v) is 6.84. The van der Waals surface area contributed by atoms with Crippen LogP contribution in [0.5, 0.6) is 5.75 Å². The van der Waals surface area contributed by atoms with Crippen LogP contribution in [0.1, 0.15) is 43.4 Å². The van der Waals surface area contributed by atoms with E-state index in [0.29, 0.717) is 18.3 Å². The molecule has 6 heteroatoms. The maximum Gasteiger partial charge on any atom is 0.269 e. The Labute approximate surface area is 239 Å². The molecule has 0 radical (unpaired) electrons. The number of hydrogen-bond donors (Lipinski definition) is 0. The Bertz CT molecular complexity index is 1480. The zero-order chi connectivity index (χ0) is 27.6. The topological polar surface area (TPSA) is 38.8 Å². The lowest BCUT2D eigenvalue weighted by Crippen LogP contribution is -2.33. The zero-order valence-electron chi connectivity index (χ0n) is 22.6. The molecule has 3 atom stereocenters. The maximum atomic E-state index is 13.9. The predicted molar refractivity (Wildman–Crippen MR) is 157 cm³/mol. The van der Waals surface area contributed by atoms with Gasteiger partial charge in [-0.2, -0.15) is 0 Å². The van der Waals surface area contributed by atoms with Gasteiger partial charge in [0.25, 0.3) is 5.91 Å². The van der Waals surface area contributed by atoms with Crippen LogP contribution in [-0.2, 0) is 9.53 Å². The number of fused-ring (bicyclic) bond motifs is 2. The van der Waals surface area contributed by atoms with E-state index < -0.39 is 0 Å². The van der Waals surface area contributed by atoms with Crippen molar-refractivity contribution in [3.8, 4) is 5.75 Å². The van der Waals surface area contributed by atoms with Crippen LogP contribution in [0.2, 0.25) is 0 Å². The zero-order valence-corrected chi connectivity index (χ0v) is 23.4. The predicted octanol–water partition coefficient (Wildman–Crippen LogP) is 8.55. The van der Waals surface area contributed by atoms with Gasteiger partial charge < -0.3 is 9.47 Å². The van der Waals surface area contributed by atoms with Crippen molar-refractivity contribution in [2.45, 2.75) is 42.1 Å². The summed E-state index contributed by atoms with van der Waals surface area (Å²) in [5, 5.41) is 0. The van der Waals surface area contributed by atoms with Gasteiger partial charge in [-0.25, -0.2) is 4.39 Å². The van der Waals surface area contributed by atoms with Crippen molar-refractivity contribution in [3.05, 3.63) is 114 Å². The second-order valence-corrected chi connectivity index (χ2v) is 11.9. The summed E-state index contributed by atoms with van der Waals surface area (Å²) in [7, 11) is 0. The number of para-hydroxylation sites is 2. The van der Waals surface area contributed by atoms with Crippen molar-refractivity contribution in [3.63, 3.8) is 0 Å². The molecule has 4 aromatic rings. The van der Waals surface area contributed by atoms with Gasteiger partial charge in [-0.1, -0.05) is 74.1 Å². The summed E-state index contributed by atoms with van der Waals surface area (Å²) in [5.74, 6) is 1.09. The second kappa shape index (κ2) is 11.5. The Kier molecular flexibility index (Phi) is 7.63. The summed E-state index contributed by atoms with van der Waals surface area (Å²) in [5.41, 5.74) is 3.76. The molecule has 4 nitrogen and oxygen atoms in total. The molecule has 204 valence electrons. The van der Waals surface area contributed by atoms with Gasteiger partial charge in [-0.3, -0.25) is 9.69 Å². The van der Waals surface area contributed by atoms with Crippen molar-refractivity contribution in [2.24, 2.45) is 11.8 Å². The van der Waals surface area contributed by atoms with E-state index in [-0.39, 0.29) is 36.3 Å². The summed E-state index contributed by atoms with van der Waals surface area (Å²) in [6.07, 6.45) is 0.822. The molecule has 0 bridgehead atoms. The Morgan fingerprint density at radius 2 is 1.60 bits per heavy atom. The summed E-state index contributed by atoms with van der Waals surface area (Å²) in [6.45, 7) is 4.87. The van der Waals surface area contributed by atoms with Gasteiger partial charge >= 0.3 is 0 Å². The molecule has 1 amide bonds. The average Bonchev–Trinajstić information content (AvgIpc) is 2.98. The number of nitrogens with zero attached hydrogens (tertiary/aromatic N) is 1. The monoisotopic (exact) mass is 553 g/mol. The number of ether oxygens (including phenoxy) is 2. The van der Waals surface area contributed by atoms with Gasteiger partial charge in [0.1, 0.15) is 11.6 Å². The third-order valence-corrected chi connectivity index (χ3v) is 8.96. The van der Waals surface area contributed by atoms with Crippen LogP contribution in [0.25, 0.3) is 0 Å². The summed E-state index contributed by atoms with van der Waals surface area (Å²) in [6, 6.07) is 30.6. The normalized spacial score (nSPS) is 20.1. The quantitative estimate of drug-likeness (QED) is 0.240. The fourth-order valence-electron chi connectivity index (χ4n) is 5.79. The van der Waals surface area contributed by atoms with Crippen molar-refractivity contribution in [2.75, 3.05) is 18.1 Å². The van der Waals surface area contributed by atoms with Gasteiger partial charge in [0, 0.05) is 15.7 Å². The fraction of sp³-hybridized carbons (Fsp3) is 0.265. The van der Waals surface area contributed by atoms with E-state index in [9.17, 15) is 9.18 Å². The lowest BCUT2D eigenvalue weighted by molar-refractivity contribution is -0.119. The third kappa shape index (κ3) is 5.38. The van der Waals surface area contributed by atoms with E-state index in [1.54, 1.807) is 28.8 Å². The highest BCUT2D eigenvalue weighted by Gasteiger charge is 2.35. The molecular weight excluding hydrogens is 521 g/mol. The Morgan fingerprint density at radius 3 is 2.30 bits per heavy atom. The SMILES string of the molecule is CC(C)[C@@H]1C[C@H](c2cccc(F)c2)CO[C@H]1c1cccc(OCC(=O)N2c3ccccc3Sc3ccccc32)c1. The number of benzene rings is 4. The summed E-state index contributed by atoms with van der Waals surface area (Å²) < 4.78 is 26.4. The molecule has 1 fully saturated rings. The molecule has 2 aliphatic heterocycles. The number of amides is 1. The van der Waals surface area contributed by atoms with Crippen molar-refractivity contribution >= 4 is 29.0 Å². The van der Waals surface area contributed by atoms with E-state index in [2.05, 4.69) is 19.9 Å². The Hall–Kier alpha value is -3.61. The molecule has 0 N–H and O–H groups in total. The largest absolute Gasteiger partial charge is 0.484 e. The number of halogens is 1. The minimum Gasteiger partial charge on any atom is -0.484 e. The van der Waals surface area contributed by atoms with Crippen LogP contribution in [0.3, 0.4) is 0 Å². The number of carbonyl (C=O) groups excluding carboxylic acids is 1. The maximum absolute atomic E-state index is 13.9. The van der Waals surface area contributed by atoms with Crippen LogP contribution >= 0.6 is 11.8 Å². The van der Waals surface area contributed by atoms with Gasteiger partial charge in [0.2, 0.25) is 0 Å². The molecule has 0 saturated carbocycles. The molecule has 0 aromatic heterocycles. The second-order valence-electron chi connectivity index (χ2n) is 10.8. The first-order chi connectivity index (χ1) is 19.5. The summed E-state index contributed by atoms with van der Waals surface area (Å²) >= 11 is 1.67. The first kappa shape index (κ1) is 26.6. The third-order valence-electron chi connectivity index (χ3n) is 7.83. The van der Waals surface area contributed by atoms with E-state index in [1.165, 1.54) is 6.07 Å². The molecule has 1 saturated heterocycles.